The Bertz CT molecular complexity index is 768. The number of nitrogens with two attached hydrogens (primary N) is 2. The molecule has 1 heterocycles. The Kier molecular flexibility index (Phi) is 4.88. The van der Waals surface area contributed by atoms with E-state index in [-0.39, 0.29) is 10.5 Å². The van der Waals surface area contributed by atoms with Gasteiger partial charge in [-0.3, -0.25) is 9.59 Å². The molecule has 1 unspecified atom stereocenters. The van der Waals surface area contributed by atoms with Crippen molar-refractivity contribution in [3.8, 4) is 0 Å². The molecule has 0 bridgehead atoms. The molecule has 0 saturated heterocycles. The van der Waals surface area contributed by atoms with Crippen LogP contribution in [0.1, 0.15) is 33.9 Å². The molecule has 2 amide bonds. The molecule has 1 aliphatic rings. The molecule has 4 N–H and O–H groups in total. The molecule has 26 heavy (non-hydrogen) atoms. The van der Waals surface area contributed by atoms with E-state index in [9.17, 15) is 35.9 Å². The van der Waals surface area contributed by atoms with Crippen LogP contribution in [0.15, 0.2) is 23.2 Å². The topological polar surface area (TPSA) is 102 Å². The zero-order valence-corrected chi connectivity index (χ0v) is 12.9. The van der Waals surface area contributed by atoms with Crippen LogP contribution in [0.4, 0.5) is 26.3 Å². The molecule has 0 saturated carbocycles. The first-order valence-corrected chi connectivity index (χ1v) is 7.01. The average molecular weight is 382 g/mol. The van der Waals surface area contributed by atoms with E-state index < -0.39 is 60.3 Å². The number of rotatable bonds is 3. The van der Waals surface area contributed by atoms with Crippen LogP contribution in [0.3, 0.4) is 0 Å². The Morgan fingerprint density at radius 3 is 2.27 bits per heavy atom. The zero-order valence-electron chi connectivity index (χ0n) is 12.9. The first kappa shape index (κ1) is 19.5. The SMILES string of the molecule is NC(N)=NC(=O)CC1c2ccc(C(F)(F)F)cc2C(=O)N1CC(F)(F)F. The van der Waals surface area contributed by atoms with Crippen molar-refractivity contribution in [2.75, 3.05) is 6.54 Å². The number of fused-ring (bicyclic) bond motifs is 1. The lowest BCUT2D eigenvalue weighted by molar-refractivity contribution is -0.145. The van der Waals surface area contributed by atoms with Gasteiger partial charge in [0, 0.05) is 5.56 Å². The summed E-state index contributed by atoms with van der Waals surface area (Å²) in [7, 11) is 0. The second-order valence-electron chi connectivity index (χ2n) is 5.50. The molecule has 142 valence electrons. The number of benzene rings is 1. The van der Waals surface area contributed by atoms with Crippen molar-refractivity contribution >= 4 is 17.8 Å². The summed E-state index contributed by atoms with van der Waals surface area (Å²) in [6.07, 6.45) is -10.3. The van der Waals surface area contributed by atoms with Gasteiger partial charge < -0.3 is 16.4 Å². The van der Waals surface area contributed by atoms with Crippen molar-refractivity contribution in [3.63, 3.8) is 0 Å². The summed E-state index contributed by atoms with van der Waals surface area (Å²) in [5.41, 5.74) is 8.16. The third-order valence-corrected chi connectivity index (χ3v) is 3.58. The van der Waals surface area contributed by atoms with E-state index in [0.29, 0.717) is 12.1 Å². The van der Waals surface area contributed by atoms with Gasteiger partial charge >= 0.3 is 12.4 Å². The minimum Gasteiger partial charge on any atom is -0.370 e. The van der Waals surface area contributed by atoms with Crippen LogP contribution < -0.4 is 11.5 Å². The number of nitrogens with zero attached hydrogens (tertiary/aromatic N) is 2. The minimum absolute atomic E-state index is 0.133. The smallest absolute Gasteiger partial charge is 0.370 e. The molecule has 1 aliphatic heterocycles. The van der Waals surface area contributed by atoms with Gasteiger partial charge in [0.1, 0.15) is 6.54 Å². The quantitative estimate of drug-likeness (QED) is 0.474. The lowest BCUT2D eigenvalue weighted by Crippen LogP contribution is -2.37. The van der Waals surface area contributed by atoms with E-state index in [4.69, 9.17) is 11.5 Å². The van der Waals surface area contributed by atoms with Gasteiger partial charge in [0.15, 0.2) is 5.96 Å². The Labute approximate surface area is 142 Å². The number of halogens is 6. The molecule has 1 aromatic carbocycles. The Balaban J connectivity index is 2.47. The molecule has 0 fully saturated rings. The Hall–Kier alpha value is -2.79. The predicted octanol–water partition coefficient (Wildman–Crippen LogP) is 1.95. The zero-order chi connectivity index (χ0) is 19.9. The summed E-state index contributed by atoms with van der Waals surface area (Å²) >= 11 is 0. The van der Waals surface area contributed by atoms with E-state index in [2.05, 4.69) is 4.99 Å². The van der Waals surface area contributed by atoms with Crippen molar-refractivity contribution in [3.05, 3.63) is 34.9 Å². The summed E-state index contributed by atoms with van der Waals surface area (Å²) in [6.45, 7) is -1.73. The molecule has 0 aliphatic carbocycles. The van der Waals surface area contributed by atoms with E-state index in [1.54, 1.807) is 0 Å². The van der Waals surface area contributed by atoms with Crippen LogP contribution in [-0.2, 0) is 11.0 Å². The summed E-state index contributed by atoms with van der Waals surface area (Å²) < 4.78 is 76.7. The maximum atomic E-state index is 12.8. The molecule has 2 rings (SSSR count). The van der Waals surface area contributed by atoms with Crippen LogP contribution in [0, 0.1) is 0 Å². The molecular formula is C14H12F6N4O2. The van der Waals surface area contributed by atoms with Crippen LogP contribution in [0.2, 0.25) is 0 Å². The van der Waals surface area contributed by atoms with Gasteiger partial charge in [0.2, 0.25) is 0 Å². The maximum Gasteiger partial charge on any atom is 0.416 e. The molecule has 12 heteroatoms. The van der Waals surface area contributed by atoms with Crippen molar-refractivity contribution in [2.45, 2.75) is 24.8 Å². The summed E-state index contributed by atoms with van der Waals surface area (Å²) in [6, 6.07) is 0.532. The molecule has 1 atom stereocenters. The number of carbonyl (C=O) groups excluding carboxylic acids is 2. The van der Waals surface area contributed by atoms with Crippen LogP contribution >= 0.6 is 0 Å². The lowest BCUT2D eigenvalue weighted by atomic mass is 9.99. The molecule has 6 nitrogen and oxygen atoms in total. The molecule has 0 radical (unpaired) electrons. The minimum atomic E-state index is -4.82. The van der Waals surface area contributed by atoms with Gasteiger partial charge in [0.05, 0.1) is 18.0 Å². The van der Waals surface area contributed by atoms with Gasteiger partial charge in [-0.1, -0.05) is 6.07 Å². The Morgan fingerprint density at radius 2 is 1.77 bits per heavy atom. The fourth-order valence-corrected chi connectivity index (χ4v) is 2.62. The van der Waals surface area contributed by atoms with Crippen molar-refractivity contribution in [1.82, 2.24) is 4.90 Å². The molecule has 0 aromatic heterocycles. The van der Waals surface area contributed by atoms with Gasteiger partial charge in [-0.25, -0.2) is 0 Å². The van der Waals surface area contributed by atoms with Gasteiger partial charge in [-0.05, 0) is 17.7 Å². The Morgan fingerprint density at radius 1 is 1.15 bits per heavy atom. The number of aliphatic imine (C=N–C) groups is 1. The number of carbonyl (C=O) groups is 2. The third-order valence-electron chi connectivity index (χ3n) is 3.58. The fraction of sp³-hybridized carbons (Fsp3) is 0.357. The highest BCUT2D eigenvalue weighted by molar-refractivity contribution is 6.00. The number of guanidine groups is 1. The number of amides is 2. The van der Waals surface area contributed by atoms with E-state index in [1.165, 1.54) is 0 Å². The maximum absolute atomic E-state index is 12.8. The normalized spacial score (nSPS) is 17.2. The van der Waals surface area contributed by atoms with E-state index in [1.807, 2.05) is 0 Å². The highest BCUT2D eigenvalue weighted by Gasteiger charge is 2.45. The average Bonchev–Trinajstić information content (AvgIpc) is 2.69. The first-order chi connectivity index (χ1) is 11.8. The molecule has 0 spiro atoms. The number of hydrogen-bond acceptors (Lipinski definition) is 2. The predicted molar refractivity (Wildman–Crippen MR) is 76.7 cm³/mol. The van der Waals surface area contributed by atoms with Crippen molar-refractivity contribution in [2.24, 2.45) is 16.5 Å². The van der Waals surface area contributed by atoms with E-state index >= 15 is 0 Å². The van der Waals surface area contributed by atoms with Crippen molar-refractivity contribution in [1.29, 1.82) is 0 Å². The largest absolute Gasteiger partial charge is 0.416 e. The fourth-order valence-electron chi connectivity index (χ4n) is 2.62. The van der Waals surface area contributed by atoms with Crippen molar-refractivity contribution < 1.29 is 35.9 Å². The first-order valence-electron chi connectivity index (χ1n) is 7.01. The molecule has 1 aromatic rings. The highest BCUT2D eigenvalue weighted by Crippen LogP contribution is 2.40. The van der Waals surface area contributed by atoms with Crippen LogP contribution in [-0.4, -0.2) is 35.4 Å². The van der Waals surface area contributed by atoms with Crippen LogP contribution in [0.5, 0.6) is 0 Å². The highest BCUT2D eigenvalue weighted by atomic mass is 19.4. The number of hydrogen-bond donors (Lipinski definition) is 2. The second-order valence-corrected chi connectivity index (χ2v) is 5.50. The van der Waals surface area contributed by atoms with Gasteiger partial charge in [0.25, 0.3) is 11.8 Å². The van der Waals surface area contributed by atoms with Crippen LogP contribution in [0.25, 0.3) is 0 Å². The monoisotopic (exact) mass is 382 g/mol. The second kappa shape index (κ2) is 6.50. The van der Waals surface area contributed by atoms with E-state index in [0.717, 1.165) is 6.07 Å². The van der Waals surface area contributed by atoms with Gasteiger partial charge in [-0.15, -0.1) is 0 Å². The summed E-state index contributed by atoms with van der Waals surface area (Å²) in [5.74, 6) is -2.90. The lowest BCUT2D eigenvalue weighted by Gasteiger charge is -2.25. The number of alkyl halides is 6. The summed E-state index contributed by atoms with van der Waals surface area (Å²) in [4.78, 5) is 27.4. The molecular weight excluding hydrogens is 370 g/mol. The van der Waals surface area contributed by atoms with Gasteiger partial charge in [-0.2, -0.15) is 31.3 Å². The standard InChI is InChI=1S/C14H12F6N4O2/c15-13(16,17)5-24-9(4-10(25)23-12(21)22)7-2-1-6(14(18,19)20)3-8(7)11(24)26/h1-3,9H,4-5H2,(H4,21,22,23,25). The third kappa shape index (κ3) is 4.24. The summed E-state index contributed by atoms with van der Waals surface area (Å²) in [5, 5.41) is 0.